The van der Waals surface area contributed by atoms with Gasteiger partial charge in [-0.3, -0.25) is 0 Å². The van der Waals surface area contributed by atoms with Crippen LogP contribution in [0.3, 0.4) is 0 Å². The minimum atomic E-state index is 0.0294. The maximum atomic E-state index is 9.28. The van der Waals surface area contributed by atoms with Crippen molar-refractivity contribution in [3.8, 4) is 0 Å². The largest absolute Gasteiger partial charge is 0.392 e. The van der Waals surface area contributed by atoms with E-state index in [9.17, 15) is 5.11 Å². The number of hydrogen-bond donors (Lipinski definition) is 2. The zero-order valence-corrected chi connectivity index (χ0v) is 9.00. The van der Waals surface area contributed by atoms with E-state index in [-0.39, 0.29) is 13.2 Å². The van der Waals surface area contributed by atoms with Crippen LogP contribution in [0.1, 0.15) is 5.69 Å². The van der Waals surface area contributed by atoms with Crippen LogP contribution in [0.2, 0.25) is 0 Å². The Labute approximate surface area is 94.3 Å². The minimum Gasteiger partial charge on any atom is -0.392 e. The number of allylic oxidation sites excluding steroid dienone is 1. The van der Waals surface area contributed by atoms with Gasteiger partial charge in [-0.25, -0.2) is 0 Å². The third-order valence-electron chi connectivity index (χ3n) is 2.62. The first kappa shape index (κ1) is 10.9. The van der Waals surface area contributed by atoms with E-state index in [0.717, 1.165) is 16.6 Å². The third kappa shape index (κ3) is 2.01. The monoisotopic (exact) mass is 217 g/mol. The van der Waals surface area contributed by atoms with Crippen molar-refractivity contribution in [3.05, 3.63) is 48.2 Å². The van der Waals surface area contributed by atoms with Gasteiger partial charge in [-0.2, -0.15) is 0 Å². The van der Waals surface area contributed by atoms with E-state index in [1.54, 1.807) is 6.08 Å². The van der Waals surface area contributed by atoms with Crippen LogP contribution in [-0.2, 0) is 13.2 Å². The van der Waals surface area contributed by atoms with Crippen molar-refractivity contribution in [2.45, 2.75) is 13.2 Å². The molecule has 0 aliphatic carbocycles. The van der Waals surface area contributed by atoms with Gasteiger partial charge in [0.05, 0.1) is 13.2 Å². The summed E-state index contributed by atoms with van der Waals surface area (Å²) in [6, 6.07) is 10.0. The van der Waals surface area contributed by atoms with Gasteiger partial charge in [0.15, 0.2) is 0 Å². The highest BCUT2D eigenvalue weighted by molar-refractivity contribution is 5.81. The van der Waals surface area contributed by atoms with Crippen LogP contribution in [0.5, 0.6) is 0 Å². The van der Waals surface area contributed by atoms with Crippen LogP contribution < -0.4 is 0 Å². The summed E-state index contributed by atoms with van der Waals surface area (Å²) in [7, 11) is 0. The van der Waals surface area contributed by atoms with Gasteiger partial charge in [-0.15, -0.1) is 0 Å². The molecule has 1 aromatic carbocycles. The topological polar surface area (TPSA) is 45.4 Å². The first-order valence-electron chi connectivity index (χ1n) is 5.30. The van der Waals surface area contributed by atoms with E-state index in [1.165, 1.54) is 0 Å². The number of para-hydroxylation sites is 1. The number of aliphatic hydroxyl groups is 2. The number of aromatic nitrogens is 1. The molecule has 0 saturated heterocycles. The minimum absolute atomic E-state index is 0.0294. The molecule has 16 heavy (non-hydrogen) atoms. The van der Waals surface area contributed by atoms with E-state index in [1.807, 2.05) is 41.0 Å². The van der Waals surface area contributed by atoms with Crippen LogP contribution in [0.15, 0.2) is 42.5 Å². The maximum absolute atomic E-state index is 9.28. The molecule has 2 rings (SSSR count). The second-order valence-electron chi connectivity index (χ2n) is 3.62. The van der Waals surface area contributed by atoms with Gasteiger partial charge in [-0.05, 0) is 17.5 Å². The third-order valence-corrected chi connectivity index (χ3v) is 2.62. The first-order valence-corrected chi connectivity index (χ1v) is 5.30. The fourth-order valence-corrected chi connectivity index (χ4v) is 1.87. The molecule has 1 heterocycles. The molecule has 3 nitrogen and oxygen atoms in total. The molecule has 2 aromatic rings. The molecule has 3 heteroatoms. The Morgan fingerprint density at radius 3 is 2.69 bits per heavy atom. The number of aliphatic hydroxyl groups excluding tert-OH is 2. The summed E-state index contributed by atoms with van der Waals surface area (Å²) in [6.45, 7) is 0.749. The predicted molar refractivity (Wildman–Crippen MR) is 64.1 cm³/mol. The van der Waals surface area contributed by atoms with E-state index >= 15 is 0 Å². The SMILES string of the molecule is OC/C=C\Cn1c(CO)cc2ccccc21. The van der Waals surface area contributed by atoms with Gasteiger partial charge < -0.3 is 14.8 Å². The van der Waals surface area contributed by atoms with E-state index in [0.29, 0.717) is 6.54 Å². The summed E-state index contributed by atoms with van der Waals surface area (Å²) in [5, 5.41) is 19.1. The van der Waals surface area contributed by atoms with Crippen molar-refractivity contribution in [1.82, 2.24) is 4.57 Å². The van der Waals surface area contributed by atoms with Crippen molar-refractivity contribution in [2.75, 3.05) is 6.61 Å². The van der Waals surface area contributed by atoms with Crippen molar-refractivity contribution < 1.29 is 10.2 Å². The summed E-state index contributed by atoms with van der Waals surface area (Å²) in [6.07, 6.45) is 3.60. The Morgan fingerprint density at radius 2 is 1.94 bits per heavy atom. The van der Waals surface area contributed by atoms with Gasteiger partial charge in [0.1, 0.15) is 0 Å². The lowest BCUT2D eigenvalue weighted by Crippen LogP contribution is -2.00. The van der Waals surface area contributed by atoms with Gasteiger partial charge in [0.2, 0.25) is 0 Å². The molecule has 84 valence electrons. The summed E-state index contributed by atoms with van der Waals surface area (Å²) >= 11 is 0. The summed E-state index contributed by atoms with van der Waals surface area (Å²) in [5.41, 5.74) is 2.00. The molecule has 1 aromatic heterocycles. The molecule has 0 spiro atoms. The van der Waals surface area contributed by atoms with E-state index in [4.69, 9.17) is 5.11 Å². The highest BCUT2D eigenvalue weighted by Crippen LogP contribution is 2.19. The molecule has 0 atom stereocenters. The molecular formula is C13H15NO2. The van der Waals surface area contributed by atoms with Crippen molar-refractivity contribution in [1.29, 1.82) is 0 Å². The molecule has 0 aliphatic heterocycles. The predicted octanol–water partition coefficient (Wildman–Crippen LogP) is 1.68. The fourth-order valence-electron chi connectivity index (χ4n) is 1.87. The molecule has 0 fully saturated rings. The Bertz CT molecular complexity index is 500. The van der Waals surface area contributed by atoms with Crippen LogP contribution >= 0.6 is 0 Å². The number of nitrogens with zero attached hydrogens (tertiary/aromatic N) is 1. The average molecular weight is 217 g/mol. The Balaban J connectivity index is 2.43. The normalized spacial score (nSPS) is 11.6. The van der Waals surface area contributed by atoms with Crippen molar-refractivity contribution >= 4 is 10.9 Å². The standard InChI is InChI=1S/C13H15NO2/c15-8-4-3-7-14-12(10-16)9-11-5-1-2-6-13(11)14/h1-6,9,15-16H,7-8,10H2/b4-3-. The number of fused-ring (bicyclic) bond motifs is 1. The smallest absolute Gasteiger partial charge is 0.0833 e. The summed E-state index contributed by atoms with van der Waals surface area (Å²) in [5.74, 6) is 0. The fraction of sp³-hybridized carbons (Fsp3) is 0.231. The molecule has 0 saturated carbocycles. The molecule has 0 unspecified atom stereocenters. The molecule has 0 bridgehead atoms. The zero-order chi connectivity index (χ0) is 11.4. The Kier molecular flexibility index (Phi) is 3.39. The van der Waals surface area contributed by atoms with Gasteiger partial charge >= 0.3 is 0 Å². The number of benzene rings is 1. The Morgan fingerprint density at radius 1 is 1.12 bits per heavy atom. The molecule has 0 amide bonds. The molecular weight excluding hydrogens is 202 g/mol. The number of hydrogen-bond acceptors (Lipinski definition) is 2. The summed E-state index contributed by atoms with van der Waals surface area (Å²) < 4.78 is 2.04. The lowest BCUT2D eigenvalue weighted by atomic mass is 10.2. The Hall–Kier alpha value is -1.58. The highest BCUT2D eigenvalue weighted by atomic mass is 16.3. The lowest BCUT2D eigenvalue weighted by molar-refractivity contribution is 0.272. The van der Waals surface area contributed by atoms with Gasteiger partial charge in [0.25, 0.3) is 0 Å². The zero-order valence-electron chi connectivity index (χ0n) is 9.00. The quantitative estimate of drug-likeness (QED) is 0.765. The van der Waals surface area contributed by atoms with Gasteiger partial charge in [0, 0.05) is 17.8 Å². The van der Waals surface area contributed by atoms with Crippen molar-refractivity contribution in [3.63, 3.8) is 0 Å². The highest BCUT2D eigenvalue weighted by Gasteiger charge is 2.05. The lowest BCUT2D eigenvalue weighted by Gasteiger charge is -2.05. The first-order chi connectivity index (χ1) is 7.86. The van der Waals surface area contributed by atoms with Crippen LogP contribution in [0.4, 0.5) is 0 Å². The average Bonchev–Trinajstić information content (AvgIpc) is 2.68. The maximum Gasteiger partial charge on any atom is 0.0833 e. The van der Waals surface area contributed by atoms with E-state index < -0.39 is 0 Å². The second kappa shape index (κ2) is 4.96. The second-order valence-corrected chi connectivity index (χ2v) is 3.62. The van der Waals surface area contributed by atoms with Crippen LogP contribution in [0, 0.1) is 0 Å². The van der Waals surface area contributed by atoms with Crippen LogP contribution in [0.25, 0.3) is 10.9 Å². The van der Waals surface area contributed by atoms with Crippen molar-refractivity contribution in [2.24, 2.45) is 0 Å². The molecule has 0 radical (unpaired) electrons. The van der Waals surface area contributed by atoms with Crippen LogP contribution in [-0.4, -0.2) is 21.4 Å². The number of rotatable bonds is 4. The summed E-state index contributed by atoms with van der Waals surface area (Å²) in [4.78, 5) is 0. The van der Waals surface area contributed by atoms with Gasteiger partial charge in [-0.1, -0.05) is 30.4 Å². The molecule has 2 N–H and O–H groups in total. The molecule has 0 aliphatic rings. The van der Waals surface area contributed by atoms with E-state index in [2.05, 4.69) is 0 Å².